The second kappa shape index (κ2) is 8.78. The Morgan fingerprint density at radius 3 is 2.22 bits per heavy atom. The van der Waals surface area contributed by atoms with E-state index in [9.17, 15) is 18.0 Å². The Kier molecular flexibility index (Phi) is 6.46. The number of alkyl halides is 3. The van der Waals surface area contributed by atoms with Gasteiger partial charge in [-0.1, -0.05) is 50.6 Å². The fourth-order valence-corrected chi connectivity index (χ4v) is 3.12. The van der Waals surface area contributed by atoms with Crippen LogP contribution in [0.15, 0.2) is 48.5 Å². The third kappa shape index (κ3) is 5.56. The maximum atomic E-state index is 12.8. The lowest BCUT2D eigenvalue weighted by Crippen LogP contribution is -2.34. The van der Waals surface area contributed by atoms with Crippen molar-refractivity contribution in [1.29, 1.82) is 0 Å². The zero-order chi connectivity index (χ0) is 23.7. The number of hydrogen-bond donors (Lipinski definition) is 2. The highest BCUT2D eigenvalue weighted by Gasteiger charge is 2.30. The molecular formula is C23H22ClF3N4O. The Hall–Kier alpha value is -3.13. The molecule has 0 unspecified atom stereocenters. The Morgan fingerprint density at radius 2 is 1.62 bits per heavy atom. The molecule has 0 aliphatic rings. The monoisotopic (exact) mass is 462 g/mol. The number of nitrogen functional groups attached to an aromatic ring is 1. The smallest absolute Gasteiger partial charge is 0.368 e. The van der Waals surface area contributed by atoms with Gasteiger partial charge in [-0.2, -0.15) is 13.2 Å². The first-order valence-electron chi connectivity index (χ1n) is 9.74. The van der Waals surface area contributed by atoms with E-state index in [1.807, 2.05) is 20.8 Å². The number of carbonyl (C=O) groups excluding carboxylic acids is 1. The van der Waals surface area contributed by atoms with Gasteiger partial charge in [-0.3, -0.25) is 4.79 Å². The number of aromatic nitrogens is 2. The van der Waals surface area contributed by atoms with E-state index in [1.165, 1.54) is 12.1 Å². The lowest BCUT2D eigenvalue weighted by atomic mass is 9.95. The van der Waals surface area contributed by atoms with Gasteiger partial charge in [0.05, 0.1) is 17.0 Å². The van der Waals surface area contributed by atoms with Crippen LogP contribution in [0.2, 0.25) is 5.02 Å². The van der Waals surface area contributed by atoms with Gasteiger partial charge in [-0.25, -0.2) is 9.97 Å². The largest absolute Gasteiger partial charge is 0.416 e. The van der Waals surface area contributed by atoms with Gasteiger partial charge in [0.1, 0.15) is 0 Å². The standard InChI is InChI=1S/C23H22ClF3N4O/c1-22(2,3)20(32)29-12-13-4-9-17(24)16(10-13)19-11-18(30-21(28)31-19)14-5-7-15(8-6-14)23(25,26)27/h4-11H,12H2,1-3H3,(H,29,32)(H2,28,30,31). The van der Waals surface area contributed by atoms with Crippen LogP contribution in [0.5, 0.6) is 0 Å². The number of nitrogens with zero attached hydrogens (tertiary/aromatic N) is 2. The van der Waals surface area contributed by atoms with E-state index in [-0.39, 0.29) is 11.9 Å². The molecule has 0 fully saturated rings. The summed E-state index contributed by atoms with van der Waals surface area (Å²) in [5.41, 5.74) is 7.20. The van der Waals surface area contributed by atoms with E-state index >= 15 is 0 Å². The molecule has 9 heteroatoms. The zero-order valence-corrected chi connectivity index (χ0v) is 18.5. The van der Waals surface area contributed by atoms with E-state index in [0.29, 0.717) is 34.1 Å². The second-order valence-corrected chi connectivity index (χ2v) is 8.73. The lowest BCUT2D eigenvalue weighted by Gasteiger charge is -2.18. The number of nitrogens with one attached hydrogen (secondary N) is 1. The van der Waals surface area contributed by atoms with Crippen molar-refractivity contribution in [1.82, 2.24) is 15.3 Å². The van der Waals surface area contributed by atoms with E-state index in [1.54, 1.807) is 24.3 Å². The van der Waals surface area contributed by atoms with Gasteiger partial charge >= 0.3 is 6.18 Å². The van der Waals surface area contributed by atoms with E-state index in [4.69, 9.17) is 17.3 Å². The van der Waals surface area contributed by atoms with Crippen LogP contribution in [0.4, 0.5) is 19.1 Å². The molecule has 32 heavy (non-hydrogen) atoms. The van der Waals surface area contributed by atoms with Crippen molar-refractivity contribution in [2.45, 2.75) is 33.5 Å². The summed E-state index contributed by atoms with van der Waals surface area (Å²) in [6, 6.07) is 11.5. The highest BCUT2D eigenvalue weighted by molar-refractivity contribution is 6.33. The summed E-state index contributed by atoms with van der Waals surface area (Å²) in [4.78, 5) is 20.5. The first kappa shape index (κ1) is 23.5. The van der Waals surface area contributed by atoms with Crippen molar-refractivity contribution >= 4 is 23.5 Å². The zero-order valence-electron chi connectivity index (χ0n) is 17.7. The molecule has 0 atom stereocenters. The molecule has 0 saturated carbocycles. The van der Waals surface area contributed by atoms with Crippen molar-refractivity contribution in [3.05, 3.63) is 64.7 Å². The van der Waals surface area contributed by atoms with E-state index < -0.39 is 17.2 Å². The topological polar surface area (TPSA) is 80.9 Å². The number of halogens is 4. The molecule has 0 spiro atoms. The van der Waals surface area contributed by atoms with Crippen LogP contribution < -0.4 is 11.1 Å². The number of amides is 1. The molecule has 2 aromatic carbocycles. The molecule has 0 saturated heterocycles. The summed E-state index contributed by atoms with van der Waals surface area (Å²) in [7, 11) is 0. The Labute approximate surface area is 188 Å². The van der Waals surface area contributed by atoms with Gasteiger partial charge < -0.3 is 11.1 Å². The highest BCUT2D eigenvalue weighted by Crippen LogP contribution is 2.33. The quantitative estimate of drug-likeness (QED) is 0.519. The second-order valence-electron chi connectivity index (χ2n) is 8.32. The minimum atomic E-state index is -4.43. The first-order chi connectivity index (χ1) is 14.8. The fourth-order valence-electron chi connectivity index (χ4n) is 2.91. The third-order valence-corrected chi connectivity index (χ3v) is 5.02. The minimum absolute atomic E-state index is 0.0418. The van der Waals surface area contributed by atoms with Crippen LogP contribution in [0.1, 0.15) is 31.9 Å². The molecule has 3 aromatic rings. The van der Waals surface area contributed by atoms with Gasteiger partial charge in [0.25, 0.3) is 0 Å². The van der Waals surface area contributed by atoms with Crippen LogP contribution >= 0.6 is 11.6 Å². The van der Waals surface area contributed by atoms with Crippen molar-refractivity contribution < 1.29 is 18.0 Å². The summed E-state index contributed by atoms with van der Waals surface area (Å²) >= 11 is 6.37. The van der Waals surface area contributed by atoms with Crippen LogP contribution in [-0.4, -0.2) is 15.9 Å². The number of benzene rings is 2. The number of carbonyl (C=O) groups is 1. The third-order valence-electron chi connectivity index (χ3n) is 4.69. The molecule has 168 valence electrons. The maximum absolute atomic E-state index is 12.8. The van der Waals surface area contributed by atoms with Crippen LogP contribution in [0.3, 0.4) is 0 Å². The van der Waals surface area contributed by atoms with Crippen molar-refractivity contribution in [3.63, 3.8) is 0 Å². The molecule has 1 amide bonds. The molecule has 0 aliphatic carbocycles. The van der Waals surface area contributed by atoms with Crippen LogP contribution in [0.25, 0.3) is 22.5 Å². The molecule has 0 aliphatic heterocycles. The number of nitrogens with two attached hydrogens (primary N) is 1. The van der Waals surface area contributed by atoms with Crippen molar-refractivity contribution in [3.8, 4) is 22.5 Å². The SMILES string of the molecule is CC(C)(C)C(=O)NCc1ccc(Cl)c(-c2cc(-c3ccc(C(F)(F)F)cc3)nc(N)n2)c1. The van der Waals surface area contributed by atoms with Crippen molar-refractivity contribution in [2.75, 3.05) is 5.73 Å². The minimum Gasteiger partial charge on any atom is -0.368 e. The molecule has 5 nitrogen and oxygen atoms in total. The molecule has 3 N–H and O–H groups in total. The Morgan fingerprint density at radius 1 is 1.00 bits per heavy atom. The van der Waals surface area contributed by atoms with E-state index in [0.717, 1.165) is 17.7 Å². The average molecular weight is 463 g/mol. The first-order valence-corrected chi connectivity index (χ1v) is 10.1. The summed E-state index contributed by atoms with van der Waals surface area (Å²) in [5, 5.41) is 3.28. The lowest BCUT2D eigenvalue weighted by molar-refractivity contribution is -0.137. The molecule has 1 heterocycles. The van der Waals surface area contributed by atoms with Gasteiger partial charge in [0.2, 0.25) is 11.9 Å². The molecule has 1 aromatic heterocycles. The van der Waals surface area contributed by atoms with Crippen LogP contribution in [-0.2, 0) is 17.5 Å². The normalized spacial score (nSPS) is 12.0. The van der Waals surface area contributed by atoms with Crippen LogP contribution in [0, 0.1) is 5.41 Å². The summed E-state index contributed by atoms with van der Waals surface area (Å²) in [6.07, 6.45) is -4.43. The van der Waals surface area contributed by atoms with Gasteiger partial charge in [0.15, 0.2) is 0 Å². The predicted molar refractivity (Wildman–Crippen MR) is 119 cm³/mol. The van der Waals surface area contributed by atoms with E-state index in [2.05, 4.69) is 15.3 Å². The molecule has 0 bridgehead atoms. The highest BCUT2D eigenvalue weighted by atomic mass is 35.5. The molecular weight excluding hydrogens is 441 g/mol. The number of anilines is 1. The number of rotatable bonds is 4. The summed E-state index contributed by atoms with van der Waals surface area (Å²) < 4.78 is 38.5. The van der Waals surface area contributed by atoms with Gasteiger partial charge in [0, 0.05) is 28.1 Å². The molecule has 0 radical (unpaired) electrons. The fraction of sp³-hybridized carbons (Fsp3) is 0.261. The maximum Gasteiger partial charge on any atom is 0.416 e. The van der Waals surface area contributed by atoms with Crippen molar-refractivity contribution in [2.24, 2.45) is 5.41 Å². The summed E-state index contributed by atoms with van der Waals surface area (Å²) in [6.45, 7) is 5.76. The summed E-state index contributed by atoms with van der Waals surface area (Å²) in [5.74, 6) is -0.134. The average Bonchev–Trinajstić information content (AvgIpc) is 2.71. The van der Waals surface area contributed by atoms with Gasteiger partial charge in [-0.15, -0.1) is 0 Å². The predicted octanol–water partition coefficient (Wildman–Crippen LogP) is 5.73. The van der Waals surface area contributed by atoms with Gasteiger partial charge in [-0.05, 0) is 35.9 Å². The molecule has 3 rings (SSSR count). The Balaban J connectivity index is 1.93. The Bertz CT molecular complexity index is 1140. The number of hydrogen-bond acceptors (Lipinski definition) is 4.